The fourth-order valence-electron chi connectivity index (χ4n) is 1.23. The summed E-state index contributed by atoms with van der Waals surface area (Å²) in [6, 6.07) is 6.65. The summed E-state index contributed by atoms with van der Waals surface area (Å²) in [7, 11) is 0. The van der Waals surface area contributed by atoms with Crippen molar-refractivity contribution in [2.45, 2.75) is 7.43 Å². The molecule has 0 unspecified atom stereocenters. The zero-order valence-electron chi connectivity index (χ0n) is 10.8. The van der Waals surface area contributed by atoms with Crippen molar-refractivity contribution in [2.75, 3.05) is 26.4 Å². The summed E-state index contributed by atoms with van der Waals surface area (Å²) in [5.74, 6) is -1.59. The van der Waals surface area contributed by atoms with Crippen LogP contribution in [0.25, 0.3) is 0 Å². The molecule has 0 heterocycles. The number of rotatable bonds is 9. The van der Waals surface area contributed by atoms with Crippen molar-refractivity contribution in [3.05, 3.63) is 42.2 Å². The molecule has 1 aromatic rings. The highest BCUT2D eigenvalue weighted by molar-refractivity contribution is 5.85. The quantitative estimate of drug-likeness (QED) is 0.303. The Labute approximate surface area is 123 Å². The first kappa shape index (κ1) is 18.8. The average Bonchev–Trinajstić information content (AvgIpc) is 2.46. The second-order valence-corrected chi connectivity index (χ2v) is 3.69. The Morgan fingerprint density at radius 1 is 1.14 bits per heavy atom. The standard InChI is InChI=1S/C14H15FO5.CH4/c1-11(15)14(17)20-9-7-18-6-8-19-13-4-2-12(10-16)3-5-13;/h2-5,10H,1,6-9H2;1H4. The first-order chi connectivity index (χ1) is 9.63. The van der Waals surface area contributed by atoms with Crippen molar-refractivity contribution in [3.63, 3.8) is 0 Å². The minimum atomic E-state index is -1.13. The zero-order valence-corrected chi connectivity index (χ0v) is 10.8. The summed E-state index contributed by atoms with van der Waals surface area (Å²) >= 11 is 0. The van der Waals surface area contributed by atoms with Gasteiger partial charge in [0.1, 0.15) is 25.2 Å². The van der Waals surface area contributed by atoms with E-state index in [1.165, 1.54) is 0 Å². The van der Waals surface area contributed by atoms with Crippen molar-refractivity contribution >= 4 is 12.3 Å². The molecule has 0 spiro atoms. The van der Waals surface area contributed by atoms with Crippen LogP contribution in [0.4, 0.5) is 4.39 Å². The molecule has 0 fully saturated rings. The Hall–Kier alpha value is -2.21. The van der Waals surface area contributed by atoms with Crippen molar-refractivity contribution in [3.8, 4) is 5.75 Å². The van der Waals surface area contributed by atoms with Gasteiger partial charge in [-0.05, 0) is 24.3 Å². The molecule has 0 amide bonds. The lowest BCUT2D eigenvalue weighted by molar-refractivity contribution is -0.142. The van der Waals surface area contributed by atoms with Gasteiger partial charge in [-0.25, -0.2) is 4.79 Å². The van der Waals surface area contributed by atoms with E-state index in [-0.39, 0.29) is 20.6 Å². The van der Waals surface area contributed by atoms with E-state index in [0.29, 0.717) is 24.5 Å². The molecular formula is C15H19FO5. The number of halogens is 1. The van der Waals surface area contributed by atoms with Gasteiger partial charge in [0, 0.05) is 5.56 Å². The van der Waals surface area contributed by atoms with Crippen LogP contribution in [0.5, 0.6) is 5.75 Å². The third-order valence-corrected chi connectivity index (χ3v) is 2.19. The fraction of sp³-hybridized carbons (Fsp3) is 0.333. The average molecular weight is 298 g/mol. The Kier molecular flexibility index (Phi) is 9.45. The third kappa shape index (κ3) is 7.84. The summed E-state index contributed by atoms with van der Waals surface area (Å²) in [6.07, 6.45) is 0.750. The predicted octanol–water partition coefficient (Wildman–Crippen LogP) is 2.56. The molecule has 5 nitrogen and oxygen atoms in total. The Morgan fingerprint density at radius 3 is 2.33 bits per heavy atom. The molecule has 1 aromatic carbocycles. The van der Waals surface area contributed by atoms with E-state index in [0.717, 1.165) is 6.29 Å². The number of esters is 1. The predicted molar refractivity (Wildman–Crippen MR) is 76.1 cm³/mol. The summed E-state index contributed by atoms with van der Waals surface area (Å²) in [5.41, 5.74) is 0.574. The minimum absolute atomic E-state index is 0. The number of benzene rings is 1. The summed E-state index contributed by atoms with van der Waals surface area (Å²) < 4.78 is 27.2. The van der Waals surface area contributed by atoms with Gasteiger partial charge in [0.05, 0.1) is 13.2 Å². The maximum absolute atomic E-state index is 12.2. The van der Waals surface area contributed by atoms with Crippen LogP contribution in [0.15, 0.2) is 36.7 Å². The number of aldehydes is 1. The lowest BCUT2D eigenvalue weighted by Crippen LogP contribution is -2.13. The van der Waals surface area contributed by atoms with E-state index in [2.05, 4.69) is 11.3 Å². The van der Waals surface area contributed by atoms with Crippen LogP contribution < -0.4 is 4.74 Å². The van der Waals surface area contributed by atoms with Crippen LogP contribution in [0.2, 0.25) is 0 Å². The Balaban J connectivity index is 0.00000400. The van der Waals surface area contributed by atoms with Crippen molar-refractivity contribution in [1.82, 2.24) is 0 Å². The van der Waals surface area contributed by atoms with Crippen LogP contribution in [0, 0.1) is 0 Å². The molecule has 116 valence electrons. The van der Waals surface area contributed by atoms with E-state index in [4.69, 9.17) is 9.47 Å². The largest absolute Gasteiger partial charge is 0.491 e. The first-order valence-electron chi connectivity index (χ1n) is 5.91. The van der Waals surface area contributed by atoms with E-state index in [1.807, 2.05) is 0 Å². The van der Waals surface area contributed by atoms with E-state index in [9.17, 15) is 14.0 Å². The summed E-state index contributed by atoms with van der Waals surface area (Å²) in [6.45, 7) is 3.51. The van der Waals surface area contributed by atoms with Crippen LogP contribution in [-0.4, -0.2) is 38.7 Å². The van der Waals surface area contributed by atoms with Crippen molar-refractivity contribution in [2.24, 2.45) is 0 Å². The fourth-order valence-corrected chi connectivity index (χ4v) is 1.23. The lowest BCUT2D eigenvalue weighted by atomic mass is 10.2. The highest BCUT2D eigenvalue weighted by atomic mass is 19.1. The second-order valence-electron chi connectivity index (χ2n) is 3.69. The van der Waals surface area contributed by atoms with Crippen molar-refractivity contribution < 1.29 is 28.2 Å². The van der Waals surface area contributed by atoms with Crippen LogP contribution in [0.1, 0.15) is 17.8 Å². The van der Waals surface area contributed by atoms with Gasteiger partial charge >= 0.3 is 5.97 Å². The molecule has 0 aliphatic rings. The van der Waals surface area contributed by atoms with Gasteiger partial charge in [0.2, 0.25) is 5.83 Å². The number of ether oxygens (including phenoxy) is 3. The highest BCUT2D eigenvalue weighted by Crippen LogP contribution is 2.10. The second kappa shape index (κ2) is 10.6. The zero-order chi connectivity index (χ0) is 14.8. The van der Waals surface area contributed by atoms with Gasteiger partial charge in [-0.15, -0.1) is 0 Å². The van der Waals surface area contributed by atoms with Gasteiger partial charge in [-0.2, -0.15) is 4.39 Å². The molecule has 6 heteroatoms. The molecule has 21 heavy (non-hydrogen) atoms. The molecule has 0 aromatic heterocycles. The summed E-state index contributed by atoms with van der Waals surface area (Å²) in [5, 5.41) is 0. The Bertz CT molecular complexity index is 456. The number of hydrogen-bond acceptors (Lipinski definition) is 5. The molecule has 0 N–H and O–H groups in total. The SMILES string of the molecule is C.C=C(F)C(=O)OCCOCCOc1ccc(C=O)cc1. The molecule has 0 atom stereocenters. The van der Waals surface area contributed by atoms with E-state index >= 15 is 0 Å². The minimum Gasteiger partial charge on any atom is -0.491 e. The van der Waals surface area contributed by atoms with Crippen LogP contribution >= 0.6 is 0 Å². The third-order valence-electron chi connectivity index (χ3n) is 2.19. The van der Waals surface area contributed by atoms with Gasteiger partial charge in [0.25, 0.3) is 0 Å². The molecule has 1 rings (SSSR count). The smallest absolute Gasteiger partial charge is 0.366 e. The monoisotopic (exact) mass is 298 g/mol. The molecule has 0 radical (unpaired) electrons. The maximum atomic E-state index is 12.2. The van der Waals surface area contributed by atoms with Gasteiger partial charge < -0.3 is 14.2 Å². The van der Waals surface area contributed by atoms with Crippen LogP contribution in [0.3, 0.4) is 0 Å². The normalized spacial score (nSPS) is 9.38. The number of carbonyl (C=O) groups excluding carboxylic acids is 2. The number of carbonyl (C=O) groups is 2. The van der Waals surface area contributed by atoms with Crippen molar-refractivity contribution in [1.29, 1.82) is 0 Å². The number of hydrogen-bond donors (Lipinski definition) is 0. The van der Waals surface area contributed by atoms with Gasteiger partial charge in [-0.3, -0.25) is 4.79 Å². The van der Waals surface area contributed by atoms with E-state index < -0.39 is 11.8 Å². The van der Waals surface area contributed by atoms with Gasteiger partial charge in [0.15, 0.2) is 0 Å². The highest BCUT2D eigenvalue weighted by Gasteiger charge is 2.05. The Morgan fingerprint density at radius 2 is 1.76 bits per heavy atom. The van der Waals surface area contributed by atoms with Crippen LogP contribution in [-0.2, 0) is 14.3 Å². The first-order valence-corrected chi connectivity index (χ1v) is 5.91. The molecule has 0 aliphatic heterocycles. The molecule has 0 aliphatic carbocycles. The van der Waals surface area contributed by atoms with Gasteiger partial charge in [-0.1, -0.05) is 14.0 Å². The topological polar surface area (TPSA) is 61.8 Å². The van der Waals surface area contributed by atoms with E-state index in [1.54, 1.807) is 24.3 Å². The molecule has 0 saturated carbocycles. The lowest BCUT2D eigenvalue weighted by Gasteiger charge is -2.07. The summed E-state index contributed by atoms with van der Waals surface area (Å²) in [4.78, 5) is 21.1. The molecular weight excluding hydrogens is 279 g/mol. The molecule has 0 bridgehead atoms. The maximum Gasteiger partial charge on any atom is 0.366 e. The molecule has 0 saturated heterocycles.